The van der Waals surface area contributed by atoms with Crippen molar-refractivity contribution >= 4 is 22.4 Å². The molecule has 0 aliphatic carbocycles. The van der Waals surface area contributed by atoms with Crippen molar-refractivity contribution in [1.29, 1.82) is 0 Å². The predicted molar refractivity (Wildman–Crippen MR) is 87.2 cm³/mol. The van der Waals surface area contributed by atoms with Crippen LogP contribution in [0.15, 0.2) is 0 Å². The Morgan fingerprint density at radius 2 is 2.14 bits per heavy atom. The zero-order chi connectivity index (χ0) is 15.5. The van der Waals surface area contributed by atoms with Gasteiger partial charge in [-0.25, -0.2) is 4.98 Å². The summed E-state index contributed by atoms with van der Waals surface area (Å²) in [5, 5.41) is 0.475. The van der Waals surface area contributed by atoms with Crippen LogP contribution in [0.3, 0.4) is 0 Å². The van der Waals surface area contributed by atoms with Crippen LogP contribution in [0.1, 0.15) is 34.6 Å². The van der Waals surface area contributed by atoms with Gasteiger partial charge in [-0.2, -0.15) is 0 Å². The second-order valence-corrected chi connectivity index (χ2v) is 7.06. The minimum atomic E-state index is 0.102. The third-order valence-electron chi connectivity index (χ3n) is 4.47. The molecule has 0 radical (unpaired) electrons. The van der Waals surface area contributed by atoms with E-state index in [0.717, 1.165) is 57.9 Å². The Bertz CT molecular complexity index is 528. The molecule has 122 valence electrons. The van der Waals surface area contributed by atoms with Crippen LogP contribution in [-0.2, 0) is 4.74 Å². The maximum atomic E-state index is 12.9. The van der Waals surface area contributed by atoms with Gasteiger partial charge >= 0.3 is 0 Å². The molecule has 6 nitrogen and oxygen atoms in total. The summed E-state index contributed by atoms with van der Waals surface area (Å²) in [6.07, 6.45) is 3.36. The normalized spacial score (nSPS) is 23.7. The van der Waals surface area contributed by atoms with Gasteiger partial charge in [-0.05, 0) is 26.2 Å². The van der Waals surface area contributed by atoms with Gasteiger partial charge in [0.25, 0.3) is 5.91 Å². The number of rotatable bonds is 3. The number of piperidine rings is 1. The lowest BCUT2D eigenvalue weighted by molar-refractivity contribution is 0.0167. The third kappa shape index (κ3) is 3.42. The van der Waals surface area contributed by atoms with Crippen molar-refractivity contribution in [2.75, 3.05) is 45.1 Å². The fraction of sp³-hybridized carbons (Fsp3) is 0.733. The van der Waals surface area contributed by atoms with Gasteiger partial charge in [0.2, 0.25) is 0 Å². The van der Waals surface area contributed by atoms with Crippen molar-refractivity contribution < 1.29 is 9.53 Å². The van der Waals surface area contributed by atoms with Crippen LogP contribution in [0.25, 0.3) is 0 Å². The van der Waals surface area contributed by atoms with Gasteiger partial charge in [-0.15, -0.1) is 0 Å². The fourth-order valence-electron chi connectivity index (χ4n) is 3.29. The Morgan fingerprint density at radius 1 is 1.36 bits per heavy atom. The highest BCUT2D eigenvalue weighted by atomic mass is 32.1. The number of carbonyl (C=O) groups excluding carboxylic acids is 1. The van der Waals surface area contributed by atoms with E-state index < -0.39 is 0 Å². The molecule has 2 N–H and O–H groups in total. The maximum absolute atomic E-state index is 12.9. The number of aromatic nitrogens is 1. The van der Waals surface area contributed by atoms with Crippen molar-refractivity contribution in [1.82, 2.24) is 14.8 Å². The first kappa shape index (κ1) is 15.7. The van der Waals surface area contributed by atoms with Gasteiger partial charge in [0.15, 0.2) is 5.13 Å². The molecule has 1 amide bonds. The van der Waals surface area contributed by atoms with E-state index in [1.54, 1.807) is 0 Å². The van der Waals surface area contributed by atoms with E-state index in [4.69, 9.17) is 10.5 Å². The number of aryl methyl sites for hydroxylation is 1. The molecule has 7 heteroatoms. The molecule has 0 spiro atoms. The summed E-state index contributed by atoms with van der Waals surface area (Å²) < 4.78 is 5.41. The van der Waals surface area contributed by atoms with Crippen LogP contribution in [0.5, 0.6) is 0 Å². The Hall–Kier alpha value is -1.18. The SMILES string of the molecule is Cc1nc(N)sc1C(=O)N1CCCC[C@@H]1CN1CCOCC1. The highest BCUT2D eigenvalue weighted by Crippen LogP contribution is 2.26. The van der Waals surface area contributed by atoms with E-state index in [2.05, 4.69) is 9.88 Å². The minimum absolute atomic E-state index is 0.102. The first-order valence-corrected chi connectivity index (χ1v) is 8.81. The smallest absolute Gasteiger partial charge is 0.266 e. The number of nitrogens with two attached hydrogens (primary N) is 1. The van der Waals surface area contributed by atoms with Gasteiger partial charge < -0.3 is 15.4 Å². The second-order valence-electron chi connectivity index (χ2n) is 6.03. The van der Waals surface area contributed by atoms with Crippen LogP contribution >= 0.6 is 11.3 Å². The minimum Gasteiger partial charge on any atom is -0.379 e. The Morgan fingerprint density at radius 3 is 2.82 bits per heavy atom. The molecule has 2 aliphatic heterocycles. The number of nitrogens with zero attached hydrogens (tertiary/aromatic N) is 3. The zero-order valence-corrected chi connectivity index (χ0v) is 13.9. The number of anilines is 1. The first-order chi connectivity index (χ1) is 10.6. The molecule has 0 bridgehead atoms. The van der Waals surface area contributed by atoms with Crippen molar-refractivity contribution in [2.45, 2.75) is 32.2 Å². The number of amides is 1. The van der Waals surface area contributed by atoms with Gasteiger partial charge in [0, 0.05) is 32.2 Å². The van der Waals surface area contributed by atoms with Crippen molar-refractivity contribution in [3.8, 4) is 0 Å². The number of hydrogen-bond acceptors (Lipinski definition) is 6. The molecule has 1 atom stereocenters. The number of likely N-dealkylation sites (tertiary alicyclic amines) is 1. The molecule has 22 heavy (non-hydrogen) atoms. The monoisotopic (exact) mass is 324 g/mol. The van der Waals surface area contributed by atoms with Crippen LogP contribution in [0.4, 0.5) is 5.13 Å². The predicted octanol–water partition coefficient (Wildman–Crippen LogP) is 1.36. The third-order valence-corrected chi connectivity index (χ3v) is 5.44. The van der Waals surface area contributed by atoms with Gasteiger partial charge in [0.05, 0.1) is 18.9 Å². The van der Waals surface area contributed by atoms with E-state index >= 15 is 0 Å². The lowest BCUT2D eigenvalue weighted by Gasteiger charge is -2.39. The molecule has 3 heterocycles. The lowest BCUT2D eigenvalue weighted by Crippen LogP contribution is -2.51. The largest absolute Gasteiger partial charge is 0.379 e. The maximum Gasteiger partial charge on any atom is 0.266 e. The van der Waals surface area contributed by atoms with E-state index in [1.165, 1.54) is 17.8 Å². The van der Waals surface area contributed by atoms with Gasteiger partial charge in [-0.1, -0.05) is 11.3 Å². The molecule has 0 aromatic carbocycles. The fourth-order valence-corrected chi connectivity index (χ4v) is 4.08. The number of morpholine rings is 1. The summed E-state index contributed by atoms with van der Waals surface area (Å²) in [6, 6.07) is 0.294. The van der Waals surface area contributed by atoms with E-state index in [9.17, 15) is 4.79 Å². The van der Waals surface area contributed by atoms with E-state index in [0.29, 0.717) is 16.1 Å². The molecule has 2 aliphatic rings. The Labute approximate surface area is 135 Å². The summed E-state index contributed by atoms with van der Waals surface area (Å²) >= 11 is 1.31. The first-order valence-electron chi connectivity index (χ1n) is 7.99. The van der Waals surface area contributed by atoms with Gasteiger partial charge in [0.1, 0.15) is 4.88 Å². The molecule has 1 aromatic heterocycles. The molecule has 2 fully saturated rings. The number of thiazole rings is 1. The number of hydrogen-bond donors (Lipinski definition) is 1. The summed E-state index contributed by atoms with van der Waals surface area (Å²) in [5.74, 6) is 0.102. The average Bonchev–Trinajstić information content (AvgIpc) is 2.87. The molecule has 3 rings (SSSR count). The molecule has 0 saturated carbocycles. The highest BCUT2D eigenvalue weighted by Gasteiger charge is 2.31. The highest BCUT2D eigenvalue weighted by molar-refractivity contribution is 7.17. The van der Waals surface area contributed by atoms with E-state index in [-0.39, 0.29) is 5.91 Å². The number of carbonyl (C=O) groups is 1. The summed E-state index contributed by atoms with van der Waals surface area (Å²) in [7, 11) is 0. The van der Waals surface area contributed by atoms with Crippen molar-refractivity contribution in [2.24, 2.45) is 0 Å². The van der Waals surface area contributed by atoms with Gasteiger partial charge in [-0.3, -0.25) is 9.69 Å². The summed E-state index contributed by atoms with van der Waals surface area (Å²) in [5.41, 5.74) is 6.50. The Kier molecular flexibility index (Phi) is 4.95. The van der Waals surface area contributed by atoms with Crippen molar-refractivity contribution in [3.05, 3.63) is 10.6 Å². The average molecular weight is 324 g/mol. The lowest BCUT2D eigenvalue weighted by atomic mass is 10.0. The molecular formula is C15H24N4O2S. The van der Waals surface area contributed by atoms with Crippen molar-refractivity contribution in [3.63, 3.8) is 0 Å². The Balaban J connectivity index is 1.71. The molecule has 0 unspecified atom stereocenters. The summed E-state index contributed by atoms with van der Waals surface area (Å²) in [4.78, 5) is 22.2. The van der Waals surface area contributed by atoms with E-state index in [1.807, 2.05) is 11.8 Å². The molecular weight excluding hydrogens is 300 g/mol. The number of ether oxygens (including phenoxy) is 1. The zero-order valence-electron chi connectivity index (χ0n) is 13.1. The summed E-state index contributed by atoms with van der Waals surface area (Å²) in [6.45, 7) is 7.17. The van der Waals surface area contributed by atoms with Crippen LogP contribution in [0.2, 0.25) is 0 Å². The van der Waals surface area contributed by atoms with Crippen LogP contribution < -0.4 is 5.73 Å². The number of nitrogen functional groups attached to an aromatic ring is 1. The van der Waals surface area contributed by atoms with Crippen LogP contribution in [-0.4, -0.2) is 66.1 Å². The molecule has 1 aromatic rings. The molecule has 2 saturated heterocycles. The topological polar surface area (TPSA) is 71.7 Å². The quantitative estimate of drug-likeness (QED) is 0.909. The standard InChI is InChI=1S/C15H24N4O2S/c1-11-13(22-15(16)17-11)14(20)19-5-3-2-4-12(19)10-18-6-8-21-9-7-18/h12H,2-10H2,1H3,(H2,16,17)/t12-/m1/s1. The second kappa shape index (κ2) is 6.93. The van der Waals surface area contributed by atoms with Crippen LogP contribution in [0, 0.1) is 6.92 Å².